The topological polar surface area (TPSA) is 116 Å². The molecule has 2 aliphatic rings. The van der Waals surface area contributed by atoms with Crippen LogP contribution in [0.25, 0.3) is 0 Å². The summed E-state index contributed by atoms with van der Waals surface area (Å²) in [5.74, 6) is 1.12. The Bertz CT molecular complexity index is 672. The minimum atomic E-state index is -2.78. The van der Waals surface area contributed by atoms with Gasteiger partial charge in [-0.15, -0.1) is 0 Å². The van der Waals surface area contributed by atoms with Crippen LogP contribution in [0.1, 0.15) is 12.8 Å². The molecule has 0 saturated carbocycles. The first-order valence-corrected chi connectivity index (χ1v) is 14.0. The van der Waals surface area contributed by atoms with E-state index in [1.807, 2.05) is 0 Å². The Kier molecular flexibility index (Phi) is 16.3. The van der Waals surface area contributed by atoms with Gasteiger partial charge in [0.25, 0.3) is 0 Å². The van der Waals surface area contributed by atoms with Gasteiger partial charge in [0.15, 0.2) is 19.7 Å². The fourth-order valence-electron chi connectivity index (χ4n) is 2.79. The molecular weight excluding hydrogens is 618 g/mol. The number of sulfone groups is 2. The number of nitrogens with one attached hydrogen (secondary N) is 4. The van der Waals surface area contributed by atoms with Crippen LogP contribution in [0.5, 0.6) is 0 Å². The van der Waals surface area contributed by atoms with Gasteiger partial charge in [0, 0.05) is 38.3 Å². The standard InChI is InChI=1S/2C7H14N2O2S3.Ba/c2*10-14(11)4-1-6(5-14)8-2-3-9-7(12)13;/h2*6,8H,1-5H2,(H2,9,12,13);/q;;+2/p-2. The van der Waals surface area contributed by atoms with Gasteiger partial charge in [0.1, 0.15) is 0 Å². The van der Waals surface area contributed by atoms with Gasteiger partial charge < -0.3 is 71.0 Å². The van der Waals surface area contributed by atoms with Crippen LogP contribution in [0, 0.1) is 0 Å². The first kappa shape index (κ1) is 30.6. The zero-order valence-corrected chi connectivity index (χ0v) is 25.4. The third-order valence-electron chi connectivity index (χ3n) is 4.12. The zero-order chi connectivity index (χ0) is 21.2. The van der Waals surface area contributed by atoms with Crippen LogP contribution in [0.15, 0.2) is 0 Å². The molecule has 29 heavy (non-hydrogen) atoms. The first-order chi connectivity index (χ1) is 13.0. The van der Waals surface area contributed by atoms with Gasteiger partial charge in [-0.25, -0.2) is 16.8 Å². The maximum atomic E-state index is 11.1. The Balaban J connectivity index is 0.000000523. The predicted molar refractivity (Wildman–Crippen MR) is 132 cm³/mol. The molecule has 8 nitrogen and oxygen atoms in total. The second kappa shape index (κ2) is 15.4. The van der Waals surface area contributed by atoms with Crippen molar-refractivity contribution in [2.45, 2.75) is 24.9 Å². The SMILES string of the molecule is O=S1(=O)CCC(NCCNC(=S)[S-])C1.O=S1(=O)CCC(NCCNC(=S)[S-])C1.[Ba+2]. The molecule has 0 aliphatic carbocycles. The summed E-state index contributed by atoms with van der Waals surface area (Å²) in [5.41, 5.74) is 0. The van der Waals surface area contributed by atoms with Gasteiger partial charge in [0.05, 0.1) is 23.0 Å². The molecule has 0 aromatic heterocycles. The Hall–Kier alpha value is 1.61. The smallest absolute Gasteiger partial charge is 0.412 e. The summed E-state index contributed by atoms with van der Waals surface area (Å²) < 4.78 is 45.1. The van der Waals surface area contributed by atoms with Crippen LogP contribution in [0.2, 0.25) is 0 Å². The van der Waals surface area contributed by atoms with Gasteiger partial charge >= 0.3 is 48.9 Å². The third kappa shape index (κ3) is 16.0. The second-order valence-electron chi connectivity index (χ2n) is 6.54. The summed E-state index contributed by atoms with van der Waals surface area (Å²) >= 11 is 18.6. The van der Waals surface area contributed by atoms with Crippen LogP contribution in [0.4, 0.5) is 0 Å². The van der Waals surface area contributed by atoms with Crippen molar-refractivity contribution in [1.82, 2.24) is 21.3 Å². The van der Waals surface area contributed by atoms with E-state index in [0.717, 1.165) is 0 Å². The van der Waals surface area contributed by atoms with E-state index in [0.29, 0.717) is 59.2 Å². The minimum absolute atomic E-state index is 0. The molecule has 164 valence electrons. The summed E-state index contributed by atoms with van der Waals surface area (Å²) in [6, 6.07) is 0.195. The largest absolute Gasteiger partial charge is 2.00 e. The van der Waals surface area contributed by atoms with Crippen molar-refractivity contribution in [1.29, 1.82) is 0 Å². The third-order valence-corrected chi connectivity index (χ3v) is 8.23. The summed E-state index contributed by atoms with van der Waals surface area (Å²) in [5, 5.41) is 11.9. The maximum Gasteiger partial charge on any atom is 2.00 e. The molecule has 0 aromatic rings. The average Bonchev–Trinajstić information content (AvgIpc) is 3.09. The van der Waals surface area contributed by atoms with Crippen LogP contribution in [-0.4, -0.2) is 136 Å². The quantitative estimate of drug-likeness (QED) is 0.101. The van der Waals surface area contributed by atoms with E-state index in [1.165, 1.54) is 0 Å². The molecule has 2 rings (SSSR count). The van der Waals surface area contributed by atoms with Gasteiger partial charge in [-0.2, -0.15) is 0 Å². The first-order valence-electron chi connectivity index (χ1n) is 8.76. The van der Waals surface area contributed by atoms with E-state index in [9.17, 15) is 16.8 Å². The van der Waals surface area contributed by atoms with Crippen molar-refractivity contribution < 1.29 is 16.8 Å². The summed E-state index contributed by atoms with van der Waals surface area (Å²) in [7, 11) is -5.56. The predicted octanol–water partition coefficient (Wildman–Crippen LogP) is -2.01. The molecule has 2 fully saturated rings. The van der Waals surface area contributed by atoms with Crippen molar-refractivity contribution in [3.8, 4) is 0 Å². The van der Waals surface area contributed by atoms with Crippen molar-refractivity contribution in [2.75, 3.05) is 49.2 Å². The number of hydrogen-bond acceptors (Lipinski definition) is 10. The molecule has 4 N–H and O–H groups in total. The Labute approximate surface area is 236 Å². The molecular formula is C14H26BaN4O4S6. The molecule has 0 bridgehead atoms. The van der Waals surface area contributed by atoms with Crippen LogP contribution < -0.4 is 21.3 Å². The molecule has 2 unspecified atom stereocenters. The monoisotopic (exact) mass is 644 g/mol. The van der Waals surface area contributed by atoms with Crippen LogP contribution in [0.3, 0.4) is 0 Å². The van der Waals surface area contributed by atoms with Crippen molar-refractivity contribution in [3.63, 3.8) is 0 Å². The molecule has 2 atom stereocenters. The van der Waals surface area contributed by atoms with Crippen molar-refractivity contribution >= 4 is 127 Å². The molecule has 0 radical (unpaired) electrons. The fraction of sp³-hybridized carbons (Fsp3) is 0.857. The van der Waals surface area contributed by atoms with E-state index in [2.05, 4.69) is 71.0 Å². The van der Waals surface area contributed by atoms with E-state index in [4.69, 9.17) is 0 Å². The van der Waals surface area contributed by atoms with E-state index >= 15 is 0 Å². The van der Waals surface area contributed by atoms with E-state index < -0.39 is 19.7 Å². The normalized spacial score (nSPS) is 23.9. The Morgan fingerprint density at radius 2 is 1.10 bits per heavy atom. The molecule has 0 aromatic carbocycles. The number of thiocarbonyl (C=S) groups is 2. The molecule has 0 spiro atoms. The second-order valence-corrected chi connectivity index (χ2v) is 13.1. The van der Waals surface area contributed by atoms with Crippen molar-refractivity contribution in [2.24, 2.45) is 0 Å². The molecule has 0 amide bonds. The number of rotatable bonds is 8. The Morgan fingerprint density at radius 1 is 0.759 bits per heavy atom. The van der Waals surface area contributed by atoms with Crippen molar-refractivity contribution in [3.05, 3.63) is 0 Å². The van der Waals surface area contributed by atoms with Crippen LogP contribution >= 0.6 is 24.4 Å². The van der Waals surface area contributed by atoms with E-state index in [-0.39, 0.29) is 72.5 Å². The van der Waals surface area contributed by atoms with Gasteiger partial charge in [-0.1, -0.05) is 8.64 Å². The minimum Gasteiger partial charge on any atom is -0.412 e. The molecule has 2 saturated heterocycles. The average molecular weight is 644 g/mol. The zero-order valence-electron chi connectivity index (χ0n) is 16.0. The summed E-state index contributed by atoms with van der Waals surface area (Å²) in [4.78, 5) is 0. The molecule has 15 heteroatoms. The van der Waals surface area contributed by atoms with Gasteiger partial charge in [-0.3, -0.25) is 0 Å². The molecule has 2 aliphatic heterocycles. The fourth-order valence-corrected chi connectivity index (χ4v) is 6.62. The number of hydrogen-bond donors (Lipinski definition) is 4. The van der Waals surface area contributed by atoms with Gasteiger partial charge in [0.2, 0.25) is 0 Å². The maximum absolute atomic E-state index is 11.1. The summed E-state index contributed by atoms with van der Waals surface area (Å²) in [6.07, 6.45) is 1.42. The van der Waals surface area contributed by atoms with Gasteiger partial charge in [-0.05, 0) is 12.8 Å². The molecule has 2 heterocycles. The van der Waals surface area contributed by atoms with E-state index in [1.54, 1.807) is 0 Å². The summed E-state index contributed by atoms with van der Waals surface area (Å²) in [6.45, 7) is 2.69. The van der Waals surface area contributed by atoms with Crippen LogP contribution in [-0.2, 0) is 44.9 Å². The Morgan fingerprint density at radius 3 is 1.34 bits per heavy atom.